The van der Waals surface area contributed by atoms with Crippen LogP contribution in [0.5, 0.6) is 0 Å². The first-order valence-electron chi connectivity index (χ1n) is 7.17. The Balaban J connectivity index is 2.11. The molecule has 0 spiro atoms. The molecule has 1 N–H and O–H groups in total. The van der Waals surface area contributed by atoms with Gasteiger partial charge in [0.15, 0.2) is 0 Å². The van der Waals surface area contributed by atoms with E-state index >= 15 is 0 Å². The quantitative estimate of drug-likeness (QED) is 0.882. The molecule has 106 valence electrons. The zero-order valence-corrected chi connectivity index (χ0v) is 12.3. The lowest BCUT2D eigenvalue weighted by atomic mass is 10.2. The molecule has 1 atom stereocenters. The van der Waals surface area contributed by atoms with Crippen molar-refractivity contribution in [2.75, 3.05) is 38.1 Å². The Hall–Kier alpha value is -1.20. The van der Waals surface area contributed by atoms with Crippen LogP contribution in [0, 0.1) is 0 Å². The van der Waals surface area contributed by atoms with Gasteiger partial charge in [0.25, 0.3) is 0 Å². The van der Waals surface area contributed by atoms with Gasteiger partial charge in [-0.2, -0.15) is 0 Å². The van der Waals surface area contributed by atoms with Crippen LogP contribution in [0.4, 0.5) is 5.82 Å². The van der Waals surface area contributed by atoms with Crippen LogP contribution in [-0.4, -0.2) is 54.1 Å². The van der Waals surface area contributed by atoms with Crippen molar-refractivity contribution in [3.8, 4) is 0 Å². The van der Waals surface area contributed by atoms with Crippen LogP contribution in [0.15, 0.2) is 12.4 Å². The Morgan fingerprint density at radius 1 is 1.37 bits per heavy atom. The molecule has 1 aromatic rings. The van der Waals surface area contributed by atoms with Gasteiger partial charge in [-0.3, -0.25) is 4.98 Å². The zero-order chi connectivity index (χ0) is 13.7. The molecule has 5 nitrogen and oxygen atoms in total. The van der Waals surface area contributed by atoms with Gasteiger partial charge in [0.2, 0.25) is 0 Å². The van der Waals surface area contributed by atoms with Gasteiger partial charge >= 0.3 is 0 Å². The summed E-state index contributed by atoms with van der Waals surface area (Å²) in [6.45, 7) is 9.41. The summed E-state index contributed by atoms with van der Waals surface area (Å²) < 4.78 is 0. The topological polar surface area (TPSA) is 44.3 Å². The molecule has 0 bridgehead atoms. The molecule has 1 aliphatic heterocycles. The summed E-state index contributed by atoms with van der Waals surface area (Å²) in [5.41, 5.74) is 1.02. The average Bonchev–Trinajstić information content (AvgIpc) is 2.57. The number of likely N-dealkylation sites (N-methyl/N-ethyl adjacent to an activating group) is 1. The molecule has 0 saturated carbocycles. The number of aromatic nitrogens is 2. The lowest BCUT2D eigenvalue weighted by Crippen LogP contribution is -2.38. The maximum atomic E-state index is 4.73. The predicted octanol–water partition coefficient (Wildman–Crippen LogP) is 1.12. The van der Waals surface area contributed by atoms with E-state index in [1.807, 2.05) is 12.4 Å². The molecular weight excluding hydrogens is 238 g/mol. The number of anilines is 1. The summed E-state index contributed by atoms with van der Waals surface area (Å²) in [5, 5.41) is 3.30. The third-order valence-electron chi connectivity index (χ3n) is 3.57. The van der Waals surface area contributed by atoms with Crippen molar-refractivity contribution in [3.05, 3.63) is 18.1 Å². The molecule has 1 unspecified atom stereocenters. The zero-order valence-electron chi connectivity index (χ0n) is 12.3. The Kier molecular flexibility index (Phi) is 5.10. The van der Waals surface area contributed by atoms with E-state index < -0.39 is 0 Å². The Morgan fingerprint density at radius 3 is 3.00 bits per heavy atom. The Morgan fingerprint density at radius 2 is 2.21 bits per heavy atom. The lowest BCUT2D eigenvalue weighted by Gasteiger charge is -2.29. The van der Waals surface area contributed by atoms with E-state index in [1.165, 1.54) is 6.42 Å². The van der Waals surface area contributed by atoms with Crippen molar-refractivity contribution in [3.63, 3.8) is 0 Å². The number of hydrogen-bond donors (Lipinski definition) is 1. The first kappa shape index (κ1) is 14.2. The van der Waals surface area contributed by atoms with Crippen molar-refractivity contribution >= 4 is 5.82 Å². The van der Waals surface area contributed by atoms with Crippen molar-refractivity contribution in [2.45, 2.75) is 32.9 Å². The molecule has 0 radical (unpaired) electrons. The molecule has 0 amide bonds. The van der Waals surface area contributed by atoms with Crippen LogP contribution in [0.1, 0.15) is 26.0 Å². The second kappa shape index (κ2) is 6.82. The molecule has 1 aliphatic rings. The minimum absolute atomic E-state index is 0.483. The fourth-order valence-corrected chi connectivity index (χ4v) is 2.58. The number of nitrogens with one attached hydrogen (secondary N) is 1. The summed E-state index contributed by atoms with van der Waals surface area (Å²) in [4.78, 5) is 13.8. The third kappa shape index (κ3) is 3.88. The number of nitrogens with zero attached hydrogens (tertiary/aromatic N) is 4. The van der Waals surface area contributed by atoms with Gasteiger partial charge in [0, 0.05) is 31.9 Å². The van der Waals surface area contributed by atoms with Crippen molar-refractivity contribution in [1.29, 1.82) is 0 Å². The van der Waals surface area contributed by atoms with Crippen molar-refractivity contribution in [2.24, 2.45) is 0 Å². The molecule has 2 rings (SSSR count). The molecule has 19 heavy (non-hydrogen) atoms. The molecule has 2 heterocycles. The summed E-state index contributed by atoms with van der Waals surface area (Å²) in [6.07, 6.45) is 4.91. The van der Waals surface area contributed by atoms with Crippen LogP contribution < -0.4 is 10.2 Å². The van der Waals surface area contributed by atoms with Gasteiger partial charge < -0.3 is 15.1 Å². The highest BCUT2D eigenvalue weighted by molar-refractivity contribution is 5.38. The SMILES string of the molecule is CCNCc1cncc(N2CCCN(C)CC2C)n1. The maximum absolute atomic E-state index is 4.73. The number of hydrogen-bond acceptors (Lipinski definition) is 5. The van der Waals surface area contributed by atoms with Crippen LogP contribution in [0.25, 0.3) is 0 Å². The summed E-state index contributed by atoms with van der Waals surface area (Å²) >= 11 is 0. The van der Waals surface area contributed by atoms with E-state index in [4.69, 9.17) is 4.98 Å². The van der Waals surface area contributed by atoms with Crippen molar-refractivity contribution < 1.29 is 0 Å². The summed E-state index contributed by atoms with van der Waals surface area (Å²) in [5.74, 6) is 1.01. The molecule has 1 saturated heterocycles. The average molecular weight is 263 g/mol. The standard InChI is InChI=1S/C14H25N5/c1-4-15-8-13-9-16-10-14(17-13)19-7-5-6-18(3)11-12(19)2/h9-10,12,15H,4-8,11H2,1-3H3. The highest BCUT2D eigenvalue weighted by Crippen LogP contribution is 2.17. The summed E-state index contributed by atoms with van der Waals surface area (Å²) in [6, 6.07) is 0.483. The van der Waals surface area contributed by atoms with E-state index in [0.717, 1.165) is 44.2 Å². The van der Waals surface area contributed by atoms with Crippen LogP contribution >= 0.6 is 0 Å². The summed E-state index contributed by atoms with van der Waals surface area (Å²) in [7, 11) is 2.19. The molecule has 0 aromatic carbocycles. The van der Waals surface area contributed by atoms with E-state index in [0.29, 0.717) is 6.04 Å². The normalized spacial score (nSPS) is 21.4. The lowest BCUT2D eigenvalue weighted by molar-refractivity contribution is 0.337. The highest BCUT2D eigenvalue weighted by Gasteiger charge is 2.21. The molecule has 0 aliphatic carbocycles. The van der Waals surface area contributed by atoms with E-state index in [-0.39, 0.29) is 0 Å². The van der Waals surface area contributed by atoms with Crippen molar-refractivity contribution in [1.82, 2.24) is 20.2 Å². The van der Waals surface area contributed by atoms with Crippen LogP contribution in [0.3, 0.4) is 0 Å². The van der Waals surface area contributed by atoms with Gasteiger partial charge in [0.1, 0.15) is 5.82 Å². The Labute approximate surface area is 116 Å². The number of rotatable bonds is 4. The molecular formula is C14H25N5. The second-order valence-corrected chi connectivity index (χ2v) is 5.31. The second-order valence-electron chi connectivity index (χ2n) is 5.31. The minimum Gasteiger partial charge on any atom is -0.351 e. The van der Waals surface area contributed by atoms with Crippen LogP contribution in [0.2, 0.25) is 0 Å². The largest absolute Gasteiger partial charge is 0.351 e. The Bertz CT molecular complexity index is 395. The first-order chi connectivity index (χ1) is 9.20. The van der Waals surface area contributed by atoms with E-state index in [2.05, 4.69) is 41.0 Å². The van der Waals surface area contributed by atoms with Gasteiger partial charge in [0.05, 0.1) is 11.9 Å². The smallest absolute Gasteiger partial charge is 0.147 e. The van der Waals surface area contributed by atoms with Gasteiger partial charge in [-0.15, -0.1) is 0 Å². The molecule has 1 aromatic heterocycles. The van der Waals surface area contributed by atoms with E-state index in [1.54, 1.807) is 0 Å². The fraction of sp³-hybridized carbons (Fsp3) is 0.714. The maximum Gasteiger partial charge on any atom is 0.147 e. The monoisotopic (exact) mass is 263 g/mol. The first-order valence-corrected chi connectivity index (χ1v) is 7.17. The van der Waals surface area contributed by atoms with Gasteiger partial charge in [-0.05, 0) is 33.5 Å². The van der Waals surface area contributed by atoms with Crippen LogP contribution in [-0.2, 0) is 6.54 Å². The third-order valence-corrected chi connectivity index (χ3v) is 3.57. The highest BCUT2D eigenvalue weighted by atomic mass is 15.3. The fourth-order valence-electron chi connectivity index (χ4n) is 2.58. The van der Waals surface area contributed by atoms with E-state index in [9.17, 15) is 0 Å². The van der Waals surface area contributed by atoms with Gasteiger partial charge in [-0.1, -0.05) is 6.92 Å². The van der Waals surface area contributed by atoms with Gasteiger partial charge in [-0.25, -0.2) is 4.98 Å². The predicted molar refractivity (Wildman–Crippen MR) is 78.3 cm³/mol. The molecule has 1 fully saturated rings. The minimum atomic E-state index is 0.483. The molecule has 5 heteroatoms.